The number of fused-ring (bicyclic) bond motifs is 3. The fourth-order valence-corrected chi connectivity index (χ4v) is 3.80. The summed E-state index contributed by atoms with van der Waals surface area (Å²) in [5.74, 6) is 0.816. The summed E-state index contributed by atoms with van der Waals surface area (Å²) in [5, 5.41) is 10.5. The molecule has 2 aromatic heterocycles. The Morgan fingerprint density at radius 2 is 1.96 bits per heavy atom. The highest BCUT2D eigenvalue weighted by Gasteiger charge is 2.12. The predicted molar refractivity (Wildman–Crippen MR) is 97.5 cm³/mol. The molecule has 0 saturated carbocycles. The Hall–Kier alpha value is -1.92. The highest BCUT2D eigenvalue weighted by atomic mass is 79.9. The van der Waals surface area contributed by atoms with Gasteiger partial charge in [-0.3, -0.25) is 0 Å². The monoisotopic (exact) mass is 384 g/mol. The zero-order valence-electron chi connectivity index (χ0n) is 12.4. The van der Waals surface area contributed by atoms with Crippen LogP contribution in [-0.4, -0.2) is 19.7 Å². The van der Waals surface area contributed by atoms with E-state index in [9.17, 15) is 0 Å². The van der Waals surface area contributed by atoms with Gasteiger partial charge in [0.05, 0.1) is 5.52 Å². The van der Waals surface area contributed by atoms with Crippen molar-refractivity contribution in [1.82, 2.24) is 19.7 Å². The fraction of sp³-hybridized carbons (Fsp3) is 0.118. The van der Waals surface area contributed by atoms with Gasteiger partial charge in [-0.2, -0.15) is 0 Å². The van der Waals surface area contributed by atoms with Gasteiger partial charge in [0.15, 0.2) is 5.65 Å². The normalized spacial score (nSPS) is 11.4. The van der Waals surface area contributed by atoms with E-state index in [2.05, 4.69) is 55.0 Å². The molecular weight excluding hydrogens is 372 g/mol. The minimum absolute atomic E-state index is 0.698. The minimum atomic E-state index is 0.698. The number of thioether (sulfide) groups is 1. The molecule has 0 amide bonds. The SMILES string of the molecule is Cn1c2ccccc2c2nnc(SCc3cccc(Br)c3)nc21. The van der Waals surface area contributed by atoms with Gasteiger partial charge in [-0.25, -0.2) is 4.98 Å². The van der Waals surface area contributed by atoms with E-state index in [0.29, 0.717) is 5.16 Å². The second kappa shape index (κ2) is 5.94. The first kappa shape index (κ1) is 14.7. The molecule has 6 heteroatoms. The topological polar surface area (TPSA) is 43.6 Å². The van der Waals surface area contributed by atoms with Crippen LogP contribution >= 0.6 is 27.7 Å². The van der Waals surface area contributed by atoms with Crippen LogP contribution in [0.25, 0.3) is 22.1 Å². The van der Waals surface area contributed by atoms with Crippen LogP contribution in [0.2, 0.25) is 0 Å². The smallest absolute Gasteiger partial charge is 0.211 e. The maximum absolute atomic E-state index is 4.69. The summed E-state index contributed by atoms with van der Waals surface area (Å²) >= 11 is 5.09. The van der Waals surface area contributed by atoms with Gasteiger partial charge in [0.2, 0.25) is 5.16 Å². The molecule has 0 saturated heterocycles. The quantitative estimate of drug-likeness (QED) is 0.485. The van der Waals surface area contributed by atoms with Gasteiger partial charge in [-0.15, -0.1) is 10.2 Å². The first-order valence-electron chi connectivity index (χ1n) is 7.17. The molecule has 0 radical (unpaired) electrons. The van der Waals surface area contributed by atoms with Crippen LogP contribution in [-0.2, 0) is 12.8 Å². The van der Waals surface area contributed by atoms with Crippen LogP contribution in [0.15, 0.2) is 58.2 Å². The van der Waals surface area contributed by atoms with E-state index in [1.165, 1.54) is 5.56 Å². The Kier molecular flexibility index (Phi) is 3.79. The lowest BCUT2D eigenvalue weighted by Crippen LogP contribution is -1.95. The molecule has 0 fully saturated rings. The van der Waals surface area contributed by atoms with Gasteiger partial charge >= 0.3 is 0 Å². The number of aryl methyl sites for hydroxylation is 1. The van der Waals surface area contributed by atoms with Gasteiger partial charge in [0.1, 0.15) is 5.52 Å². The van der Waals surface area contributed by atoms with Gasteiger partial charge < -0.3 is 4.57 Å². The molecule has 0 spiro atoms. The molecule has 4 rings (SSSR count). The van der Waals surface area contributed by atoms with Crippen molar-refractivity contribution in [2.45, 2.75) is 10.9 Å². The molecular formula is C17H13BrN4S. The van der Waals surface area contributed by atoms with E-state index in [4.69, 9.17) is 4.98 Å². The van der Waals surface area contributed by atoms with Crippen molar-refractivity contribution < 1.29 is 0 Å². The van der Waals surface area contributed by atoms with E-state index >= 15 is 0 Å². The maximum Gasteiger partial charge on any atom is 0.211 e. The molecule has 0 N–H and O–H groups in total. The molecule has 0 bridgehead atoms. The van der Waals surface area contributed by atoms with Crippen molar-refractivity contribution in [3.63, 3.8) is 0 Å². The molecule has 0 unspecified atom stereocenters. The third kappa shape index (κ3) is 2.72. The van der Waals surface area contributed by atoms with Crippen LogP contribution in [0.1, 0.15) is 5.56 Å². The van der Waals surface area contributed by atoms with Crippen molar-refractivity contribution in [2.24, 2.45) is 7.05 Å². The molecule has 2 heterocycles. The number of hydrogen-bond donors (Lipinski definition) is 0. The summed E-state index contributed by atoms with van der Waals surface area (Å²) in [4.78, 5) is 4.69. The lowest BCUT2D eigenvalue weighted by Gasteiger charge is -2.02. The summed E-state index contributed by atoms with van der Waals surface area (Å²) in [6.07, 6.45) is 0. The van der Waals surface area contributed by atoms with Crippen molar-refractivity contribution in [2.75, 3.05) is 0 Å². The van der Waals surface area contributed by atoms with E-state index in [1.807, 2.05) is 31.3 Å². The summed E-state index contributed by atoms with van der Waals surface area (Å²) < 4.78 is 3.15. The van der Waals surface area contributed by atoms with Crippen molar-refractivity contribution in [1.29, 1.82) is 0 Å². The minimum Gasteiger partial charge on any atom is -0.327 e. The highest BCUT2D eigenvalue weighted by Crippen LogP contribution is 2.27. The lowest BCUT2D eigenvalue weighted by atomic mass is 10.2. The summed E-state index contributed by atoms with van der Waals surface area (Å²) in [5.41, 5.74) is 4.08. The lowest BCUT2D eigenvalue weighted by molar-refractivity contribution is 0.855. The zero-order valence-corrected chi connectivity index (χ0v) is 14.8. The summed E-state index contributed by atoms with van der Waals surface area (Å²) in [6.45, 7) is 0. The average Bonchev–Trinajstić information content (AvgIpc) is 2.86. The molecule has 4 nitrogen and oxygen atoms in total. The van der Waals surface area contributed by atoms with Crippen LogP contribution in [0.5, 0.6) is 0 Å². The number of nitrogens with zero attached hydrogens (tertiary/aromatic N) is 4. The molecule has 23 heavy (non-hydrogen) atoms. The van der Waals surface area contributed by atoms with E-state index in [0.717, 1.165) is 32.3 Å². The second-order valence-electron chi connectivity index (χ2n) is 5.26. The number of hydrogen-bond acceptors (Lipinski definition) is 4. The predicted octanol–water partition coefficient (Wildman–Crippen LogP) is 4.57. The Balaban J connectivity index is 1.69. The first-order chi connectivity index (χ1) is 11.2. The number of rotatable bonds is 3. The van der Waals surface area contributed by atoms with Gasteiger partial charge in [0.25, 0.3) is 0 Å². The summed E-state index contributed by atoms with van der Waals surface area (Å²) in [6, 6.07) is 16.4. The largest absolute Gasteiger partial charge is 0.327 e. The number of halogens is 1. The molecule has 0 atom stereocenters. The maximum atomic E-state index is 4.69. The average molecular weight is 385 g/mol. The molecule has 0 aliphatic heterocycles. The van der Waals surface area contributed by atoms with Crippen LogP contribution in [0, 0.1) is 0 Å². The van der Waals surface area contributed by atoms with Crippen molar-refractivity contribution in [3.05, 3.63) is 58.6 Å². The van der Waals surface area contributed by atoms with Crippen LogP contribution in [0.3, 0.4) is 0 Å². The van der Waals surface area contributed by atoms with Gasteiger partial charge in [-0.1, -0.05) is 58.0 Å². The number of benzene rings is 2. The standard InChI is InChI=1S/C17H13BrN4S/c1-22-14-8-3-2-7-13(14)15-16(22)19-17(21-20-15)23-10-11-5-4-6-12(18)9-11/h2-9H,10H2,1H3. The molecule has 2 aromatic carbocycles. The van der Waals surface area contributed by atoms with E-state index < -0.39 is 0 Å². The fourth-order valence-electron chi connectivity index (χ4n) is 2.63. The van der Waals surface area contributed by atoms with Crippen molar-refractivity contribution >= 4 is 49.8 Å². The Bertz CT molecular complexity index is 1010. The summed E-state index contributed by atoms with van der Waals surface area (Å²) in [7, 11) is 2.02. The molecule has 4 aromatic rings. The van der Waals surface area contributed by atoms with Crippen LogP contribution < -0.4 is 0 Å². The Morgan fingerprint density at radius 3 is 2.83 bits per heavy atom. The number of aromatic nitrogens is 4. The Labute approximate surface area is 146 Å². The van der Waals surface area contributed by atoms with Gasteiger partial charge in [0, 0.05) is 22.7 Å². The van der Waals surface area contributed by atoms with E-state index in [1.54, 1.807) is 11.8 Å². The number of para-hydroxylation sites is 1. The molecule has 0 aliphatic rings. The second-order valence-corrected chi connectivity index (χ2v) is 7.12. The van der Waals surface area contributed by atoms with Crippen molar-refractivity contribution in [3.8, 4) is 0 Å². The third-order valence-corrected chi connectivity index (χ3v) is 5.15. The highest BCUT2D eigenvalue weighted by molar-refractivity contribution is 9.10. The van der Waals surface area contributed by atoms with Gasteiger partial charge in [-0.05, 0) is 23.8 Å². The zero-order chi connectivity index (χ0) is 15.8. The Morgan fingerprint density at radius 1 is 1.09 bits per heavy atom. The molecule has 0 aliphatic carbocycles. The first-order valence-corrected chi connectivity index (χ1v) is 8.95. The van der Waals surface area contributed by atoms with Crippen LogP contribution in [0.4, 0.5) is 0 Å². The third-order valence-electron chi connectivity index (χ3n) is 3.74. The van der Waals surface area contributed by atoms with E-state index in [-0.39, 0.29) is 0 Å². The molecule has 114 valence electrons.